The summed E-state index contributed by atoms with van der Waals surface area (Å²) in [4.78, 5) is 17.0. The Labute approximate surface area is 134 Å². The fourth-order valence-electron chi connectivity index (χ4n) is 3.30. The highest BCUT2D eigenvalue weighted by Gasteiger charge is 2.35. The molecule has 0 aromatic carbocycles. The molecule has 1 fully saturated rings. The van der Waals surface area contributed by atoms with Crippen molar-refractivity contribution in [3.8, 4) is 5.13 Å². The van der Waals surface area contributed by atoms with Gasteiger partial charge in [-0.2, -0.15) is 0 Å². The average Bonchev–Trinajstić information content (AvgIpc) is 3.20. The van der Waals surface area contributed by atoms with Crippen molar-refractivity contribution in [2.24, 2.45) is 0 Å². The lowest BCUT2D eigenvalue weighted by molar-refractivity contribution is 0.0838. The number of thiazole rings is 1. The Morgan fingerprint density at radius 3 is 2.77 bits per heavy atom. The summed E-state index contributed by atoms with van der Waals surface area (Å²) in [7, 11) is 0. The Bertz CT molecular complexity index is 670. The van der Waals surface area contributed by atoms with Gasteiger partial charge in [0.05, 0.1) is 17.7 Å². The molecule has 22 heavy (non-hydrogen) atoms. The normalized spacial score (nSPS) is 16.9. The summed E-state index contributed by atoms with van der Waals surface area (Å²) in [5.74, 6) is -0.105. The van der Waals surface area contributed by atoms with Gasteiger partial charge in [0.15, 0.2) is 5.13 Å². The van der Waals surface area contributed by atoms with E-state index in [1.807, 2.05) is 29.9 Å². The zero-order chi connectivity index (χ0) is 15.7. The van der Waals surface area contributed by atoms with Crippen LogP contribution in [0, 0.1) is 13.8 Å². The molecule has 0 atom stereocenters. The average molecular weight is 319 g/mol. The predicted octanol–water partition coefficient (Wildman–Crippen LogP) is 2.59. The van der Waals surface area contributed by atoms with E-state index in [1.54, 1.807) is 17.5 Å². The minimum atomic E-state index is -0.444. The molecule has 0 bridgehead atoms. The standard InChI is InChI=1S/C16H21N3O2S/c1-11-9-13(12(2)19(11)15-17-7-8-22-15)14(21)18-16(10-20)5-3-4-6-16/h7-9,20H,3-6,10H2,1-2H3,(H,18,21). The van der Waals surface area contributed by atoms with Crippen LogP contribution in [-0.2, 0) is 0 Å². The van der Waals surface area contributed by atoms with Crippen molar-refractivity contribution in [1.29, 1.82) is 0 Å². The molecule has 2 heterocycles. The van der Waals surface area contributed by atoms with E-state index in [0.29, 0.717) is 5.56 Å². The number of rotatable bonds is 4. The summed E-state index contributed by atoms with van der Waals surface area (Å²) in [5.41, 5.74) is 2.09. The van der Waals surface area contributed by atoms with Crippen molar-refractivity contribution in [2.45, 2.75) is 45.1 Å². The Kier molecular flexibility index (Phi) is 4.06. The highest BCUT2D eigenvalue weighted by Crippen LogP contribution is 2.30. The first-order chi connectivity index (χ1) is 10.6. The van der Waals surface area contributed by atoms with Crippen molar-refractivity contribution in [3.63, 3.8) is 0 Å². The van der Waals surface area contributed by atoms with Crippen LogP contribution >= 0.6 is 11.3 Å². The minimum Gasteiger partial charge on any atom is -0.394 e. The van der Waals surface area contributed by atoms with E-state index >= 15 is 0 Å². The Morgan fingerprint density at radius 1 is 1.45 bits per heavy atom. The topological polar surface area (TPSA) is 67.2 Å². The first-order valence-corrected chi connectivity index (χ1v) is 8.46. The number of nitrogens with one attached hydrogen (secondary N) is 1. The van der Waals surface area contributed by atoms with E-state index in [1.165, 1.54) is 0 Å². The van der Waals surface area contributed by atoms with E-state index < -0.39 is 5.54 Å². The number of aryl methyl sites for hydroxylation is 1. The van der Waals surface area contributed by atoms with Gasteiger partial charge in [-0.05, 0) is 32.8 Å². The Morgan fingerprint density at radius 2 is 2.18 bits per heavy atom. The van der Waals surface area contributed by atoms with Gasteiger partial charge in [-0.1, -0.05) is 12.8 Å². The predicted molar refractivity (Wildman–Crippen MR) is 86.7 cm³/mol. The Balaban J connectivity index is 1.89. The molecular formula is C16H21N3O2S. The van der Waals surface area contributed by atoms with Crippen LogP contribution in [0.3, 0.4) is 0 Å². The molecule has 1 aliphatic rings. The summed E-state index contributed by atoms with van der Waals surface area (Å²) in [5, 5.41) is 15.5. The van der Waals surface area contributed by atoms with E-state index in [9.17, 15) is 9.90 Å². The maximum Gasteiger partial charge on any atom is 0.253 e. The van der Waals surface area contributed by atoms with Crippen LogP contribution in [0.1, 0.15) is 47.4 Å². The summed E-state index contributed by atoms with van der Waals surface area (Å²) in [6.45, 7) is 3.91. The van der Waals surface area contributed by atoms with Gasteiger partial charge in [-0.15, -0.1) is 11.3 Å². The van der Waals surface area contributed by atoms with E-state index in [0.717, 1.165) is 42.2 Å². The van der Waals surface area contributed by atoms with Crippen LogP contribution < -0.4 is 5.32 Å². The van der Waals surface area contributed by atoms with Crippen molar-refractivity contribution in [1.82, 2.24) is 14.9 Å². The van der Waals surface area contributed by atoms with Crippen LogP contribution in [0.2, 0.25) is 0 Å². The van der Waals surface area contributed by atoms with Crippen molar-refractivity contribution < 1.29 is 9.90 Å². The number of aromatic nitrogens is 2. The number of amides is 1. The van der Waals surface area contributed by atoms with Gasteiger partial charge in [0.25, 0.3) is 5.91 Å². The molecule has 0 spiro atoms. The third-order valence-corrected chi connectivity index (χ3v) is 5.28. The highest BCUT2D eigenvalue weighted by molar-refractivity contribution is 7.12. The third-order valence-electron chi connectivity index (χ3n) is 4.53. The highest BCUT2D eigenvalue weighted by atomic mass is 32.1. The molecule has 5 nitrogen and oxygen atoms in total. The number of carbonyl (C=O) groups excluding carboxylic acids is 1. The third kappa shape index (κ3) is 2.57. The number of hydrogen-bond acceptors (Lipinski definition) is 4. The van der Waals surface area contributed by atoms with Crippen molar-refractivity contribution in [3.05, 3.63) is 34.6 Å². The molecule has 0 saturated heterocycles. The molecule has 1 saturated carbocycles. The number of nitrogens with zero attached hydrogens (tertiary/aromatic N) is 2. The zero-order valence-corrected chi connectivity index (χ0v) is 13.7. The van der Waals surface area contributed by atoms with Crippen LogP contribution in [0.4, 0.5) is 0 Å². The van der Waals surface area contributed by atoms with Crippen molar-refractivity contribution >= 4 is 17.2 Å². The first-order valence-electron chi connectivity index (χ1n) is 7.58. The fraction of sp³-hybridized carbons (Fsp3) is 0.500. The van der Waals surface area contributed by atoms with Crippen LogP contribution in [-0.4, -0.2) is 32.7 Å². The van der Waals surface area contributed by atoms with Gasteiger partial charge < -0.3 is 10.4 Å². The zero-order valence-electron chi connectivity index (χ0n) is 12.9. The molecule has 2 N–H and O–H groups in total. The molecule has 0 unspecified atom stereocenters. The number of aliphatic hydroxyl groups excluding tert-OH is 1. The smallest absolute Gasteiger partial charge is 0.253 e. The molecule has 6 heteroatoms. The number of hydrogen-bond donors (Lipinski definition) is 2. The summed E-state index contributed by atoms with van der Waals surface area (Å²) >= 11 is 1.55. The van der Waals surface area contributed by atoms with Crippen LogP contribution in [0.5, 0.6) is 0 Å². The van der Waals surface area contributed by atoms with Gasteiger partial charge in [0.1, 0.15) is 0 Å². The largest absolute Gasteiger partial charge is 0.394 e. The van der Waals surface area contributed by atoms with E-state index in [2.05, 4.69) is 10.3 Å². The molecule has 2 aromatic rings. The monoisotopic (exact) mass is 319 g/mol. The van der Waals surface area contributed by atoms with Gasteiger partial charge in [-0.3, -0.25) is 9.36 Å². The number of carbonyl (C=O) groups is 1. The van der Waals surface area contributed by atoms with Crippen LogP contribution in [0.25, 0.3) is 5.13 Å². The Hall–Kier alpha value is -1.66. The second kappa shape index (κ2) is 5.85. The van der Waals surface area contributed by atoms with E-state index in [4.69, 9.17) is 0 Å². The summed E-state index contributed by atoms with van der Waals surface area (Å²) in [6.07, 6.45) is 5.57. The second-order valence-electron chi connectivity index (χ2n) is 6.03. The van der Waals surface area contributed by atoms with Gasteiger partial charge in [0, 0.05) is 23.0 Å². The molecule has 0 aliphatic heterocycles. The quantitative estimate of drug-likeness (QED) is 0.910. The maximum absolute atomic E-state index is 12.7. The summed E-state index contributed by atoms with van der Waals surface area (Å²) in [6, 6.07) is 1.89. The number of aliphatic hydroxyl groups is 1. The second-order valence-corrected chi connectivity index (χ2v) is 6.91. The van der Waals surface area contributed by atoms with Gasteiger partial charge >= 0.3 is 0 Å². The molecule has 1 aliphatic carbocycles. The van der Waals surface area contributed by atoms with Crippen LogP contribution in [0.15, 0.2) is 17.6 Å². The lowest BCUT2D eigenvalue weighted by Gasteiger charge is -2.27. The fourth-order valence-corrected chi connectivity index (χ4v) is 4.05. The SMILES string of the molecule is Cc1cc(C(=O)NC2(CO)CCCC2)c(C)n1-c1nccs1. The molecule has 2 aromatic heterocycles. The molecule has 3 rings (SSSR count). The molecule has 118 valence electrons. The van der Waals surface area contributed by atoms with Gasteiger partial charge in [0.2, 0.25) is 0 Å². The van der Waals surface area contributed by atoms with Crippen molar-refractivity contribution in [2.75, 3.05) is 6.61 Å². The van der Waals surface area contributed by atoms with Gasteiger partial charge in [-0.25, -0.2) is 4.98 Å². The lowest BCUT2D eigenvalue weighted by Crippen LogP contribution is -2.49. The maximum atomic E-state index is 12.7. The summed E-state index contributed by atoms with van der Waals surface area (Å²) < 4.78 is 2.00. The lowest BCUT2D eigenvalue weighted by atomic mass is 9.98. The van der Waals surface area contributed by atoms with E-state index in [-0.39, 0.29) is 12.5 Å². The first kappa shape index (κ1) is 15.2. The molecule has 1 amide bonds. The molecule has 0 radical (unpaired) electrons. The molecular weight excluding hydrogens is 298 g/mol. The minimum absolute atomic E-state index is 0.00393.